The smallest absolute Gasteiger partial charge is 0.338 e. The van der Waals surface area contributed by atoms with Gasteiger partial charge in [0, 0.05) is 25.2 Å². The van der Waals surface area contributed by atoms with Crippen LogP contribution in [-0.2, 0) is 6.18 Å². The van der Waals surface area contributed by atoms with E-state index in [9.17, 15) is 18.0 Å². The van der Waals surface area contributed by atoms with Crippen molar-refractivity contribution in [1.29, 1.82) is 0 Å². The van der Waals surface area contributed by atoms with Crippen molar-refractivity contribution in [2.45, 2.75) is 24.9 Å². The molecule has 1 atom stereocenters. The first kappa shape index (κ1) is 14.6. The van der Waals surface area contributed by atoms with Gasteiger partial charge in [-0.1, -0.05) is 0 Å². The summed E-state index contributed by atoms with van der Waals surface area (Å²) in [5, 5.41) is 6.33. The highest BCUT2D eigenvalue weighted by Gasteiger charge is 2.35. The summed E-state index contributed by atoms with van der Waals surface area (Å²) in [5.41, 5.74) is -0.490. The van der Waals surface area contributed by atoms with E-state index in [-0.39, 0.29) is 17.6 Å². The van der Waals surface area contributed by atoms with Gasteiger partial charge >= 0.3 is 6.18 Å². The quantitative estimate of drug-likeness (QED) is 0.892. The molecule has 0 saturated carbocycles. The van der Waals surface area contributed by atoms with Crippen molar-refractivity contribution in [2.75, 3.05) is 13.1 Å². The summed E-state index contributed by atoms with van der Waals surface area (Å²) in [6.45, 7) is 0.907. The van der Waals surface area contributed by atoms with Gasteiger partial charge in [0.2, 0.25) is 0 Å². The number of piperidine rings is 1. The third-order valence-corrected chi connectivity index (χ3v) is 3.73. The SMILES string of the molecule is O=C(c1ccn[nH]1)N1CCC[C@@H](c2ncc(C(F)(F)F)[nH]2)C1. The number of halogens is 3. The molecule has 3 heterocycles. The Morgan fingerprint density at radius 1 is 1.41 bits per heavy atom. The van der Waals surface area contributed by atoms with Crippen LogP contribution in [0.1, 0.15) is 40.8 Å². The predicted octanol–water partition coefficient (Wildman–Crippen LogP) is 2.17. The summed E-state index contributed by atoms with van der Waals surface area (Å²) in [7, 11) is 0. The third-order valence-electron chi connectivity index (χ3n) is 3.73. The number of H-pyrrole nitrogens is 2. The fourth-order valence-electron chi connectivity index (χ4n) is 2.62. The molecule has 0 radical (unpaired) electrons. The molecule has 118 valence electrons. The van der Waals surface area contributed by atoms with E-state index in [0.29, 0.717) is 31.6 Å². The van der Waals surface area contributed by atoms with Gasteiger partial charge in [-0.15, -0.1) is 0 Å². The molecule has 1 fully saturated rings. The zero-order chi connectivity index (χ0) is 15.7. The number of nitrogens with zero attached hydrogens (tertiary/aromatic N) is 3. The van der Waals surface area contributed by atoms with E-state index in [1.54, 1.807) is 11.0 Å². The molecule has 2 aromatic rings. The Hall–Kier alpha value is -2.32. The van der Waals surface area contributed by atoms with Crippen molar-refractivity contribution in [2.24, 2.45) is 0 Å². The lowest BCUT2D eigenvalue weighted by Crippen LogP contribution is -2.39. The minimum Gasteiger partial charge on any atom is -0.338 e. The zero-order valence-corrected chi connectivity index (χ0v) is 11.5. The highest BCUT2D eigenvalue weighted by atomic mass is 19.4. The van der Waals surface area contributed by atoms with Crippen molar-refractivity contribution < 1.29 is 18.0 Å². The van der Waals surface area contributed by atoms with Gasteiger partial charge < -0.3 is 9.88 Å². The normalized spacial score (nSPS) is 19.4. The molecule has 2 N–H and O–H groups in total. The van der Waals surface area contributed by atoms with E-state index >= 15 is 0 Å². The fourth-order valence-corrected chi connectivity index (χ4v) is 2.62. The van der Waals surface area contributed by atoms with Gasteiger partial charge in [-0.2, -0.15) is 18.3 Å². The average molecular weight is 313 g/mol. The highest BCUT2D eigenvalue weighted by molar-refractivity contribution is 5.92. The number of aromatic amines is 2. The summed E-state index contributed by atoms with van der Waals surface area (Å²) in [6.07, 6.45) is -0.753. The van der Waals surface area contributed by atoms with Crippen molar-refractivity contribution in [1.82, 2.24) is 25.1 Å². The maximum atomic E-state index is 12.6. The predicted molar refractivity (Wildman–Crippen MR) is 70.1 cm³/mol. The van der Waals surface area contributed by atoms with Gasteiger partial charge in [-0.3, -0.25) is 9.89 Å². The zero-order valence-electron chi connectivity index (χ0n) is 11.5. The summed E-state index contributed by atoms with van der Waals surface area (Å²) in [6, 6.07) is 1.57. The van der Waals surface area contributed by atoms with Crippen LogP contribution in [0.4, 0.5) is 13.2 Å². The average Bonchev–Trinajstić information content (AvgIpc) is 3.17. The molecule has 0 aliphatic carbocycles. The molecule has 22 heavy (non-hydrogen) atoms. The number of alkyl halides is 3. The van der Waals surface area contributed by atoms with Gasteiger partial charge in [-0.05, 0) is 18.9 Å². The second-order valence-corrected chi connectivity index (χ2v) is 5.24. The molecule has 0 unspecified atom stereocenters. The number of rotatable bonds is 2. The van der Waals surface area contributed by atoms with Crippen molar-refractivity contribution >= 4 is 5.91 Å². The lowest BCUT2D eigenvalue weighted by Gasteiger charge is -2.31. The van der Waals surface area contributed by atoms with Crippen LogP contribution in [0.3, 0.4) is 0 Å². The molecule has 1 aliphatic heterocycles. The van der Waals surface area contributed by atoms with E-state index in [1.165, 1.54) is 6.20 Å². The van der Waals surface area contributed by atoms with Crippen LogP contribution in [0.5, 0.6) is 0 Å². The number of imidazole rings is 1. The Labute approximate surface area is 123 Å². The van der Waals surface area contributed by atoms with Crippen LogP contribution >= 0.6 is 0 Å². The Kier molecular flexibility index (Phi) is 3.63. The number of amides is 1. The number of hydrogen-bond donors (Lipinski definition) is 2. The molecule has 0 spiro atoms. The maximum absolute atomic E-state index is 12.6. The molecule has 2 aromatic heterocycles. The van der Waals surface area contributed by atoms with Gasteiger partial charge in [0.05, 0.1) is 6.20 Å². The number of likely N-dealkylation sites (tertiary alicyclic amines) is 1. The van der Waals surface area contributed by atoms with Gasteiger partial charge in [0.15, 0.2) is 0 Å². The monoisotopic (exact) mass is 313 g/mol. The molecule has 1 amide bonds. The summed E-state index contributed by atoms with van der Waals surface area (Å²) in [4.78, 5) is 20.0. The largest absolute Gasteiger partial charge is 0.432 e. The van der Waals surface area contributed by atoms with Crippen molar-refractivity contribution in [3.63, 3.8) is 0 Å². The Morgan fingerprint density at radius 2 is 2.23 bits per heavy atom. The first-order chi connectivity index (χ1) is 10.4. The standard InChI is InChI=1S/C13H14F3N5O/c14-13(15,16)10-6-17-11(19-10)8-2-1-5-21(7-8)12(22)9-3-4-18-20-9/h3-4,6,8H,1-2,5,7H2,(H,17,19)(H,18,20)/t8-/m1/s1. The molecule has 1 aliphatic rings. The van der Waals surface area contributed by atoms with Gasteiger partial charge in [0.1, 0.15) is 17.2 Å². The van der Waals surface area contributed by atoms with Crippen LogP contribution in [0, 0.1) is 0 Å². The molecule has 3 rings (SSSR count). The first-order valence-electron chi connectivity index (χ1n) is 6.86. The topological polar surface area (TPSA) is 77.7 Å². The van der Waals surface area contributed by atoms with Crippen LogP contribution in [-0.4, -0.2) is 44.1 Å². The highest BCUT2D eigenvalue weighted by Crippen LogP contribution is 2.31. The Bertz CT molecular complexity index is 649. The van der Waals surface area contributed by atoms with E-state index in [2.05, 4.69) is 20.2 Å². The lowest BCUT2D eigenvalue weighted by molar-refractivity contribution is -0.141. The van der Waals surface area contributed by atoms with Crippen molar-refractivity contribution in [3.8, 4) is 0 Å². The number of hydrogen-bond acceptors (Lipinski definition) is 3. The maximum Gasteiger partial charge on any atom is 0.432 e. The van der Waals surface area contributed by atoms with E-state index < -0.39 is 11.9 Å². The molecule has 0 bridgehead atoms. The van der Waals surface area contributed by atoms with E-state index in [1.807, 2.05) is 0 Å². The minimum absolute atomic E-state index is 0.204. The molecule has 6 nitrogen and oxygen atoms in total. The van der Waals surface area contributed by atoms with Gasteiger partial charge in [0.25, 0.3) is 5.91 Å². The van der Waals surface area contributed by atoms with Crippen LogP contribution < -0.4 is 0 Å². The summed E-state index contributed by atoms with van der Waals surface area (Å²) >= 11 is 0. The van der Waals surface area contributed by atoms with E-state index in [0.717, 1.165) is 6.20 Å². The number of carbonyl (C=O) groups is 1. The second-order valence-electron chi connectivity index (χ2n) is 5.24. The van der Waals surface area contributed by atoms with Gasteiger partial charge in [-0.25, -0.2) is 4.98 Å². The first-order valence-corrected chi connectivity index (χ1v) is 6.86. The summed E-state index contributed by atoms with van der Waals surface area (Å²) < 4.78 is 37.8. The molecular weight excluding hydrogens is 299 g/mol. The van der Waals surface area contributed by atoms with E-state index in [4.69, 9.17) is 0 Å². The molecular formula is C13H14F3N5O. The second kappa shape index (κ2) is 5.47. The number of nitrogens with one attached hydrogen (secondary N) is 2. The van der Waals surface area contributed by atoms with Crippen LogP contribution in [0.2, 0.25) is 0 Å². The van der Waals surface area contributed by atoms with Crippen LogP contribution in [0.25, 0.3) is 0 Å². The van der Waals surface area contributed by atoms with Crippen LogP contribution in [0.15, 0.2) is 18.5 Å². The number of carbonyl (C=O) groups excluding carboxylic acids is 1. The lowest BCUT2D eigenvalue weighted by atomic mass is 9.97. The molecule has 1 saturated heterocycles. The third kappa shape index (κ3) is 2.83. The molecule has 9 heteroatoms. The van der Waals surface area contributed by atoms with Crippen molar-refractivity contribution in [3.05, 3.63) is 35.7 Å². The fraction of sp³-hybridized carbons (Fsp3) is 0.462. The number of aromatic nitrogens is 4. The molecule has 0 aromatic carbocycles. The Morgan fingerprint density at radius 3 is 2.86 bits per heavy atom. The summed E-state index contributed by atoms with van der Waals surface area (Å²) in [5.74, 6) is -0.157. The minimum atomic E-state index is -4.44. The Balaban J connectivity index is 1.73.